The largest absolute Gasteiger partial charge is 0.465 e. The van der Waals surface area contributed by atoms with Crippen LogP contribution in [0, 0.1) is 0 Å². The first-order valence-corrected chi connectivity index (χ1v) is 11.0. The topological polar surface area (TPSA) is 110 Å². The number of esters is 1. The summed E-state index contributed by atoms with van der Waals surface area (Å²) >= 11 is 1.39. The molecule has 1 atom stereocenters. The highest BCUT2D eigenvalue weighted by Crippen LogP contribution is 2.27. The van der Waals surface area contributed by atoms with Gasteiger partial charge in [-0.15, -0.1) is 11.3 Å². The minimum atomic E-state index is -0.590. The van der Waals surface area contributed by atoms with Gasteiger partial charge in [-0.25, -0.2) is 14.6 Å². The third kappa shape index (κ3) is 4.68. The number of rotatable bonds is 7. The monoisotopic (exact) mass is 460 g/mol. The first kappa shape index (κ1) is 22.0. The van der Waals surface area contributed by atoms with E-state index in [0.29, 0.717) is 25.4 Å². The third-order valence-electron chi connectivity index (χ3n) is 5.43. The Hall–Kier alpha value is -3.18. The first-order chi connectivity index (χ1) is 15.5. The van der Waals surface area contributed by atoms with E-state index in [2.05, 4.69) is 15.2 Å². The average molecular weight is 461 g/mol. The molecule has 10 nitrogen and oxygen atoms in total. The normalized spacial score (nSPS) is 18.1. The van der Waals surface area contributed by atoms with E-state index in [0.717, 1.165) is 30.2 Å². The van der Waals surface area contributed by atoms with Gasteiger partial charge in [0.1, 0.15) is 12.3 Å². The number of aromatic nitrogens is 1. The van der Waals surface area contributed by atoms with Crippen LogP contribution in [0.2, 0.25) is 0 Å². The summed E-state index contributed by atoms with van der Waals surface area (Å²) in [5.41, 5.74) is 1.50. The Morgan fingerprint density at radius 1 is 1.31 bits per heavy atom. The quantitative estimate of drug-likeness (QED) is 0.627. The number of ether oxygens (including phenoxy) is 3. The average Bonchev–Trinajstić information content (AvgIpc) is 3.55. The summed E-state index contributed by atoms with van der Waals surface area (Å²) in [5, 5.41) is 5.20. The molecule has 170 valence electrons. The van der Waals surface area contributed by atoms with Crippen molar-refractivity contribution >= 4 is 40.1 Å². The van der Waals surface area contributed by atoms with Gasteiger partial charge < -0.3 is 29.3 Å². The Morgan fingerprint density at radius 2 is 2.16 bits per heavy atom. The van der Waals surface area contributed by atoms with E-state index in [1.165, 1.54) is 23.3 Å². The number of benzene rings is 1. The van der Waals surface area contributed by atoms with Gasteiger partial charge in [-0.2, -0.15) is 0 Å². The van der Waals surface area contributed by atoms with Gasteiger partial charge in [0.15, 0.2) is 5.13 Å². The summed E-state index contributed by atoms with van der Waals surface area (Å²) in [5.74, 6) is -1.01. The molecule has 0 radical (unpaired) electrons. The van der Waals surface area contributed by atoms with Crippen molar-refractivity contribution in [3.05, 3.63) is 40.4 Å². The smallest absolute Gasteiger partial charge is 0.410 e. The maximum absolute atomic E-state index is 12.8. The maximum Gasteiger partial charge on any atom is 0.410 e. The molecule has 32 heavy (non-hydrogen) atoms. The van der Waals surface area contributed by atoms with Crippen LogP contribution in [-0.2, 0) is 20.8 Å². The molecule has 2 fully saturated rings. The lowest BCUT2D eigenvalue weighted by Gasteiger charge is -2.15. The summed E-state index contributed by atoms with van der Waals surface area (Å²) in [4.78, 5) is 44.9. The van der Waals surface area contributed by atoms with Crippen LogP contribution in [0.5, 0.6) is 0 Å². The number of hydrogen-bond acceptors (Lipinski definition) is 9. The summed E-state index contributed by atoms with van der Waals surface area (Å²) < 4.78 is 15.2. The van der Waals surface area contributed by atoms with Crippen molar-refractivity contribution in [1.82, 2.24) is 9.88 Å². The zero-order chi connectivity index (χ0) is 22.7. The number of nitrogens with one attached hydrogen (secondary N) is 1. The summed E-state index contributed by atoms with van der Waals surface area (Å²) in [6.07, 6.45) is 0.692. The standard InChI is InChI=1S/C21H24N4O6S/c1-29-14-5-6-24(11-14)20-23-17(12-32-20)18(26)22-16-4-3-13(9-15(16)19(27)30-2)10-25-7-8-31-21(25)28/h3-4,9,12,14H,5-8,10-11H2,1-2H3,(H,22,26)/t14-/m0/s1. The summed E-state index contributed by atoms with van der Waals surface area (Å²) in [6.45, 7) is 2.69. The van der Waals surface area contributed by atoms with Crippen LogP contribution in [0.15, 0.2) is 23.6 Å². The van der Waals surface area contributed by atoms with E-state index in [9.17, 15) is 14.4 Å². The van der Waals surface area contributed by atoms with Gasteiger partial charge in [-0.3, -0.25) is 4.79 Å². The van der Waals surface area contributed by atoms with Crippen LogP contribution >= 0.6 is 11.3 Å². The molecule has 11 heteroatoms. The molecule has 2 aliphatic rings. The fourth-order valence-electron chi connectivity index (χ4n) is 3.66. The zero-order valence-electron chi connectivity index (χ0n) is 17.8. The molecule has 0 spiro atoms. The van der Waals surface area contributed by atoms with Crippen LogP contribution in [0.4, 0.5) is 15.6 Å². The first-order valence-electron chi connectivity index (χ1n) is 10.2. The molecule has 0 unspecified atom stereocenters. The Labute approximate surface area is 189 Å². The van der Waals surface area contributed by atoms with Gasteiger partial charge in [0.2, 0.25) is 0 Å². The Kier molecular flexibility index (Phi) is 6.56. The van der Waals surface area contributed by atoms with E-state index in [4.69, 9.17) is 14.2 Å². The molecule has 2 aromatic rings. The lowest BCUT2D eigenvalue weighted by Crippen LogP contribution is -2.24. The van der Waals surface area contributed by atoms with E-state index in [-0.39, 0.29) is 17.4 Å². The molecule has 0 aliphatic carbocycles. The third-order valence-corrected chi connectivity index (χ3v) is 6.33. The molecule has 2 amide bonds. The molecular formula is C21H24N4O6S. The molecule has 0 bridgehead atoms. The second-order valence-electron chi connectivity index (χ2n) is 7.47. The SMILES string of the molecule is COC(=O)c1cc(CN2CCOC2=O)ccc1NC(=O)c1csc(N2CC[C@H](OC)C2)n1. The van der Waals surface area contributed by atoms with Crippen LogP contribution in [-0.4, -0.2) is 74.4 Å². The van der Waals surface area contributed by atoms with E-state index in [1.54, 1.807) is 30.7 Å². The van der Waals surface area contributed by atoms with Crippen molar-refractivity contribution < 1.29 is 28.6 Å². The van der Waals surface area contributed by atoms with E-state index >= 15 is 0 Å². The molecule has 0 saturated carbocycles. The van der Waals surface area contributed by atoms with Crippen LogP contribution in [0.3, 0.4) is 0 Å². The van der Waals surface area contributed by atoms with Crippen molar-refractivity contribution in [2.45, 2.75) is 19.1 Å². The number of carbonyl (C=O) groups is 3. The number of nitrogens with zero attached hydrogens (tertiary/aromatic N) is 3. The number of carbonyl (C=O) groups excluding carboxylic acids is 3. The van der Waals surface area contributed by atoms with Crippen molar-refractivity contribution in [2.24, 2.45) is 0 Å². The molecular weight excluding hydrogens is 436 g/mol. The Balaban J connectivity index is 1.48. The van der Waals surface area contributed by atoms with E-state index in [1.807, 2.05) is 0 Å². The lowest BCUT2D eigenvalue weighted by atomic mass is 10.1. The second kappa shape index (κ2) is 9.53. The van der Waals surface area contributed by atoms with Crippen LogP contribution < -0.4 is 10.2 Å². The number of thiazole rings is 1. The predicted octanol–water partition coefficient (Wildman–Crippen LogP) is 2.36. The fourth-order valence-corrected chi connectivity index (χ4v) is 4.50. The van der Waals surface area contributed by atoms with Gasteiger partial charge in [0.25, 0.3) is 5.91 Å². The lowest BCUT2D eigenvalue weighted by molar-refractivity contribution is 0.0601. The number of methoxy groups -OCH3 is 2. The highest BCUT2D eigenvalue weighted by molar-refractivity contribution is 7.14. The number of amides is 2. The highest BCUT2D eigenvalue weighted by Gasteiger charge is 2.26. The molecule has 2 saturated heterocycles. The molecule has 1 N–H and O–H groups in total. The van der Waals surface area contributed by atoms with Gasteiger partial charge in [-0.05, 0) is 24.1 Å². The number of cyclic esters (lactones) is 1. The fraction of sp³-hybridized carbons (Fsp3) is 0.429. The minimum absolute atomic E-state index is 0.166. The summed E-state index contributed by atoms with van der Waals surface area (Å²) in [6, 6.07) is 4.97. The molecule has 1 aromatic heterocycles. The number of hydrogen-bond donors (Lipinski definition) is 1. The van der Waals surface area contributed by atoms with Crippen LogP contribution in [0.1, 0.15) is 32.8 Å². The van der Waals surface area contributed by atoms with Crippen molar-refractivity contribution in [3.8, 4) is 0 Å². The molecule has 1 aromatic carbocycles. The van der Waals surface area contributed by atoms with Crippen molar-refractivity contribution in [2.75, 3.05) is 50.7 Å². The van der Waals surface area contributed by atoms with Gasteiger partial charge >= 0.3 is 12.1 Å². The predicted molar refractivity (Wildman–Crippen MR) is 117 cm³/mol. The molecule has 2 aliphatic heterocycles. The van der Waals surface area contributed by atoms with E-state index < -0.39 is 18.0 Å². The maximum atomic E-state index is 12.8. The zero-order valence-corrected chi connectivity index (χ0v) is 18.6. The van der Waals surface area contributed by atoms with Gasteiger partial charge in [-0.1, -0.05) is 6.07 Å². The van der Waals surface area contributed by atoms with Gasteiger partial charge in [0.05, 0.1) is 31.0 Å². The molecule has 3 heterocycles. The summed E-state index contributed by atoms with van der Waals surface area (Å²) in [7, 11) is 2.96. The minimum Gasteiger partial charge on any atom is -0.465 e. The van der Waals surface area contributed by atoms with Crippen LogP contribution in [0.25, 0.3) is 0 Å². The van der Waals surface area contributed by atoms with Gasteiger partial charge in [0, 0.05) is 32.1 Å². The Bertz CT molecular complexity index is 1030. The second-order valence-corrected chi connectivity index (χ2v) is 8.31. The van der Waals surface area contributed by atoms with Crippen molar-refractivity contribution in [1.29, 1.82) is 0 Å². The Morgan fingerprint density at radius 3 is 2.84 bits per heavy atom. The highest BCUT2D eigenvalue weighted by atomic mass is 32.1. The van der Waals surface area contributed by atoms with Crippen molar-refractivity contribution in [3.63, 3.8) is 0 Å². The molecule has 4 rings (SSSR count). The number of anilines is 2.